The highest BCUT2D eigenvalue weighted by Crippen LogP contribution is 2.37. The number of ether oxygens (including phenoxy) is 2. The average molecular weight is 354 g/mol. The lowest BCUT2D eigenvalue weighted by atomic mass is 9.84. The van der Waals surface area contributed by atoms with Crippen LogP contribution in [0.5, 0.6) is 5.88 Å². The van der Waals surface area contributed by atoms with Crippen molar-refractivity contribution in [2.45, 2.75) is 43.8 Å². The molecule has 0 radical (unpaired) electrons. The summed E-state index contributed by atoms with van der Waals surface area (Å²) in [5, 5.41) is 7.27. The highest BCUT2D eigenvalue weighted by atomic mass is 16.5. The van der Waals surface area contributed by atoms with Gasteiger partial charge in [0, 0.05) is 36.4 Å². The zero-order chi connectivity index (χ0) is 17.6. The Kier molecular flexibility index (Phi) is 3.70. The number of carbonyl (C=O) groups excluding carboxylic acids is 1. The van der Waals surface area contributed by atoms with Gasteiger partial charge in [0.1, 0.15) is 11.7 Å². The van der Waals surface area contributed by atoms with Gasteiger partial charge in [-0.2, -0.15) is 5.10 Å². The van der Waals surface area contributed by atoms with E-state index in [1.807, 2.05) is 23.1 Å². The van der Waals surface area contributed by atoms with Crippen LogP contribution in [0, 0.1) is 0 Å². The van der Waals surface area contributed by atoms with Crippen LogP contribution in [0.25, 0.3) is 0 Å². The second-order valence-corrected chi connectivity index (χ2v) is 7.48. The van der Waals surface area contributed by atoms with Gasteiger partial charge in [-0.15, -0.1) is 0 Å². The first kappa shape index (κ1) is 15.8. The molecule has 1 amide bonds. The van der Waals surface area contributed by atoms with E-state index < -0.39 is 0 Å². The van der Waals surface area contributed by atoms with Crippen LogP contribution < -0.4 is 4.74 Å². The standard InChI is InChI=1S/C19H22N4O3/c24-18(17-14-4-3-5-15(14)21-22-17)23-11-19(12-23)10-13(7-9-25-19)26-16-6-1-2-8-20-16/h1-2,6,8,13H,3-5,7,9-12H2,(H,21,22)/t13-/m0/s1. The average Bonchev–Trinajstić information content (AvgIpc) is 3.24. The molecule has 4 heterocycles. The highest BCUT2D eigenvalue weighted by molar-refractivity contribution is 5.95. The molecule has 0 unspecified atom stereocenters. The molecule has 7 nitrogen and oxygen atoms in total. The molecule has 0 saturated carbocycles. The third kappa shape index (κ3) is 2.67. The minimum absolute atomic E-state index is 0.0198. The van der Waals surface area contributed by atoms with Crippen LogP contribution in [0.3, 0.4) is 0 Å². The molecule has 1 atom stereocenters. The van der Waals surface area contributed by atoms with Crippen molar-refractivity contribution in [2.75, 3.05) is 19.7 Å². The summed E-state index contributed by atoms with van der Waals surface area (Å²) in [6, 6.07) is 5.67. The van der Waals surface area contributed by atoms with Gasteiger partial charge in [0.2, 0.25) is 5.88 Å². The highest BCUT2D eigenvalue weighted by Gasteiger charge is 2.50. The van der Waals surface area contributed by atoms with Gasteiger partial charge in [-0.25, -0.2) is 4.98 Å². The first-order chi connectivity index (χ1) is 12.7. The number of hydrogen-bond acceptors (Lipinski definition) is 5. The van der Waals surface area contributed by atoms with Crippen LogP contribution in [0.2, 0.25) is 0 Å². The van der Waals surface area contributed by atoms with Crippen LogP contribution in [0.1, 0.15) is 41.0 Å². The van der Waals surface area contributed by atoms with E-state index >= 15 is 0 Å². The van der Waals surface area contributed by atoms with E-state index in [-0.39, 0.29) is 17.6 Å². The number of pyridine rings is 1. The second-order valence-electron chi connectivity index (χ2n) is 7.48. The summed E-state index contributed by atoms with van der Waals surface area (Å²) in [6.07, 6.45) is 6.48. The molecule has 1 N–H and O–H groups in total. The quantitative estimate of drug-likeness (QED) is 0.908. The smallest absolute Gasteiger partial charge is 0.274 e. The van der Waals surface area contributed by atoms with E-state index in [9.17, 15) is 4.79 Å². The second kappa shape index (κ2) is 6.09. The van der Waals surface area contributed by atoms with Crippen molar-refractivity contribution in [3.8, 4) is 5.88 Å². The number of fused-ring (bicyclic) bond motifs is 1. The minimum Gasteiger partial charge on any atom is -0.474 e. The molecular weight excluding hydrogens is 332 g/mol. The number of nitrogens with zero attached hydrogens (tertiary/aromatic N) is 3. The van der Waals surface area contributed by atoms with Gasteiger partial charge in [-0.05, 0) is 25.3 Å². The van der Waals surface area contributed by atoms with Crippen LogP contribution in [0.4, 0.5) is 0 Å². The molecule has 2 aliphatic heterocycles. The molecule has 1 aliphatic carbocycles. The fourth-order valence-electron chi connectivity index (χ4n) is 4.33. The SMILES string of the molecule is O=C(c1n[nH]c2c1CCC2)N1CC2(C[C@@H](Oc3ccccn3)CCO2)C1. The fraction of sp³-hybridized carbons (Fsp3) is 0.526. The number of H-pyrrole nitrogens is 1. The first-order valence-electron chi connectivity index (χ1n) is 9.29. The summed E-state index contributed by atoms with van der Waals surface area (Å²) < 4.78 is 12.0. The molecule has 26 heavy (non-hydrogen) atoms. The summed E-state index contributed by atoms with van der Waals surface area (Å²) in [5.41, 5.74) is 2.55. The van der Waals surface area contributed by atoms with Crippen molar-refractivity contribution < 1.29 is 14.3 Å². The molecule has 2 aromatic heterocycles. The number of carbonyl (C=O) groups is 1. The van der Waals surface area contributed by atoms with Crippen molar-refractivity contribution in [1.82, 2.24) is 20.1 Å². The number of aromatic amines is 1. The third-order valence-electron chi connectivity index (χ3n) is 5.63. The molecule has 0 bridgehead atoms. The molecule has 3 aliphatic rings. The molecule has 2 saturated heterocycles. The zero-order valence-electron chi connectivity index (χ0n) is 14.6. The van der Waals surface area contributed by atoms with Crippen LogP contribution in [0.15, 0.2) is 24.4 Å². The van der Waals surface area contributed by atoms with Gasteiger partial charge >= 0.3 is 0 Å². The Balaban J connectivity index is 1.23. The fourth-order valence-corrected chi connectivity index (χ4v) is 4.33. The number of aryl methyl sites for hydroxylation is 1. The number of amides is 1. The van der Waals surface area contributed by atoms with Crippen LogP contribution in [-0.4, -0.2) is 57.4 Å². The molecule has 1 spiro atoms. The van der Waals surface area contributed by atoms with E-state index in [2.05, 4.69) is 15.2 Å². The van der Waals surface area contributed by atoms with Crippen LogP contribution >= 0.6 is 0 Å². The molecule has 136 valence electrons. The Morgan fingerprint density at radius 1 is 1.35 bits per heavy atom. The first-order valence-corrected chi connectivity index (χ1v) is 9.29. The zero-order valence-corrected chi connectivity index (χ0v) is 14.6. The molecule has 5 rings (SSSR count). The summed E-state index contributed by atoms with van der Waals surface area (Å²) in [7, 11) is 0. The van der Waals surface area contributed by atoms with Gasteiger partial charge in [-0.1, -0.05) is 6.07 Å². The van der Waals surface area contributed by atoms with E-state index in [1.165, 1.54) is 0 Å². The predicted molar refractivity (Wildman–Crippen MR) is 93.1 cm³/mol. The third-order valence-corrected chi connectivity index (χ3v) is 5.63. The number of aromatic nitrogens is 3. The lowest BCUT2D eigenvalue weighted by Gasteiger charge is -2.52. The number of likely N-dealkylation sites (tertiary alicyclic amines) is 1. The molecule has 7 heteroatoms. The van der Waals surface area contributed by atoms with Gasteiger partial charge < -0.3 is 14.4 Å². The van der Waals surface area contributed by atoms with Gasteiger partial charge in [0.15, 0.2) is 5.69 Å². The number of hydrogen-bond donors (Lipinski definition) is 1. The van der Waals surface area contributed by atoms with Crippen molar-refractivity contribution in [3.05, 3.63) is 41.3 Å². The Hall–Kier alpha value is -2.41. The largest absolute Gasteiger partial charge is 0.474 e. The van der Waals surface area contributed by atoms with E-state index in [0.717, 1.165) is 43.4 Å². The Labute approximate surface area is 151 Å². The van der Waals surface area contributed by atoms with Crippen molar-refractivity contribution >= 4 is 5.91 Å². The lowest BCUT2D eigenvalue weighted by molar-refractivity contribution is -0.174. The van der Waals surface area contributed by atoms with Crippen LogP contribution in [-0.2, 0) is 17.6 Å². The van der Waals surface area contributed by atoms with Crippen molar-refractivity contribution in [2.24, 2.45) is 0 Å². The van der Waals surface area contributed by atoms with Gasteiger partial charge in [-0.3, -0.25) is 9.89 Å². The molecule has 0 aromatic carbocycles. The lowest BCUT2D eigenvalue weighted by Crippen LogP contribution is -2.67. The van der Waals surface area contributed by atoms with Gasteiger partial charge in [0.05, 0.1) is 19.7 Å². The maximum Gasteiger partial charge on any atom is 0.274 e. The summed E-state index contributed by atoms with van der Waals surface area (Å²) >= 11 is 0. The Morgan fingerprint density at radius 2 is 2.27 bits per heavy atom. The molecule has 2 aromatic rings. The predicted octanol–water partition coefficient (Wildman–Crippen LogP) is 1.75. The van der Waals surface area contributed by atoms with E-state index in [4.69, 9.17) is 9.47 Å². The van der Waals surface area contributed by atoms with Gasteiger partial charge in [0.25, 0.3) is 5.91 Å². The maximum absolute atomic E-state index is 12.8. The van der Waals surface area contributed by atoms with E-state index in [0.29, 0.717) is 31.3 Å². The monoisotopic (exact) mass is 354 g/mol. The maximum atomic E-state index is 12.8. The number of rotatable bonds is 3. The molecule has 2 fully saturated rings. The summed E-state index contributed by atoms with van der Waals surface area (Å²) in [5.74, 6) is 0.667. The minimum atomic E-state index is -0.285. The normalized spacial score (nSPS) is 23.5. The number of nitrogens with one attached hydrogen (secondary N) is 1. The van der Waals surface area contributed by atoms with Crippen molar-refractivity contribution in [3.63, 3.8) is 0 Å². The topological polar surface area (TPSA) is 80.3 Å². The Bertz CT molecular complexity index is 813. The van der Waals surface area contributed by atoms with E-state index in [1.54, 1.807) is 6.20 Å². The summed E-state index contributed by atoms with van der Waals surface area (Å²) in [4.78, 5) is 18.9. The molecular formula is C19H22N4O3. The van der Waals surface area contributed by atoms with Crippen molar-refractivity contribution in [1.29, 1.82) is 0 Å². The summed E-state index contributed by atoms with van der Waals surface area (Å²) in [6.45, 7) is 1.86. The Morgan fingerprint density at radius 3 is 3.12 bits per heavy atom.